The summed E-state index contributed by atoms with van der Waals surface area (Å²) in [6, 6.07) is 6.21. The van der Waals surface area contributed by atoms with E-state index in [1.807, 2.05) is 25.1 Å². The van der Waals surface area contributed by atoms with Gasteiger partial charge in [0.2, 0.25) is 5.71 Å². The number of oxazole rings is 1. The lowest BCUT2D eigenvalue weighted by Crippen LogP contribution is -2.47. The number of carbonyl (C=O) groups is 1. The molecule has 9 nitrogen and oxygen atoms in total. The van der Waals surface area contributed by atoms with E-state index in [1.54, 1.807) is 19.3 Å². The molecule has 0 aromatic carbocycles. The molecule has 0 unspecified atom stereocenters. The molecule has 0 aliphatic carbocycles. The fraction of sp³-hybridized carbons (Fsp3) is 0.450. The van der Waals surface area contributed by atoms with Gasteiger partial charge in [0, 0.05) is 45.0 Å². The molecule has 4 heterocycles. The molecule has 9 heteroatoms. The van der Waals surface area contributed by atoms with Crippen molar-refractivity contribution >= 4 is 29.0 Å². The minimum absolute atomic E-state index is 0.226. The second kappa shape index (κ2) is 8.42. The van der Waals surface area contributed by atoms with Gasteiger partial charge in [-0.2, -0.15) is 4.98 Å². The first-order valence-electron chi connectivity index (χ1n) is 9.88. The van der Waals surface area contributed by atoms with E-state index >= 15 is 0 Å². The van der Waals surface area contributed by atoms with Crippen LogP contribution in [0.2, 0.25) is 0 Å². The Morgan fingerprint density at radius 3 is 2.69 bits per heavy atom. The molecule has 1 aliphatic heterocycles. The maximum absolute atomic E-state index is 11.7. The fourth-order valence-electron chi connectivity index (χ4n) is 3.27. The number of aromatic nitrogens is 4. The van der Waals surface area contributed by atoms with Crippen molar-refractivity contribution in [2.45, 2.75) is 32.8 Å². The minimum atomic E-state index is -0.470. The van der Waals surface area contributed by atoms with Gasteiger partial charge >= 0.3 is 5.97 Å². The van der Waals surface area contributed by atoms with Gasteiger partial charge in [-0.3, -0.25) is 4.79 Å². The zero-order valence-corrected chi connectivity index (χ0v) is 16.6. The summed E-state index contributed by atoms with van der Waals surface area (Å²) in [6.07, 6.45) is 4.09. The molecule has 29 heavy (non-hydrogen) atoms. The van der Waals surface area contributed by atoms with Gasteiger partial charge in [-0.15, -0.1) is 0 Å². The summed E-state index contributed by atoms with van der Waals surface area (Å²) in [7, 11) is 0. The van der Waals surface area contributed by atoms with Gasteiger partial charge in [-0.25, -0.2) is 15.0 Å². The maximum atomic E-state index is 11.7. The molecule has 0 spiro atoms. The van der Waals surface area contributed by atoms with Crippen LogP contribution in [-0.4, -0.2) is 52.1 Å². The Bertz CT molecular complexity index is 950. The quantitative estimate of drug-likeness (QED) is 0.582. The van der Waals surface area contributed by atoms with Gasteiger partial charge < -0.3 is 19.0 Å². The predicted octanol–water partition coefficient (Wildman–Crippen LogP) is 2.74. The largest absolute Gasteiger partial charge is 0.454 e. The number of piperazine rings is 1. The second-order valence-corrected chi connectivity index (χ2v) is 6.95. The predicted molar refractivity (Wildman–Crippen MR) is 108 cm³/mol. The van der Waals surface area contributed by atoms with E-state index in [4.69, 9.17) is 9.15 Å². The normalized spacial score (nSPS) is 15.5. The Balaban J connectivity index is 1.40. The summed E-state index contributed by atoms with van der Waals surface area (Å²) in [5, 5.41) is 0. The van der Waals surface area contributed by atoms with Gasteiger partial charge in [-0.05, 0) is 31.5 Å². The highest BCUT2D eigenvalue weighted by atomic mass is 16.5. The lowest BCUT2D eigenvalue weighted by atomic mass is 10.3. The summed E-state index contributed by atoms with van der Waals surface area (Å²) in [5.74, 6) is 1.11. The fourth-order valence-corrected chi connectivity index (χ4v) is 3.27. The van der Waals surface area contributed by atoms with E-state index in [1.165, 1.54) is 0 Å². The Morgan fingerprint density at radius 1 is 1.14 bits per heavy atom. The molecule has 0 N–H and O–H groups in total. The van der Waals surface area contributed by atoms with Crippen LogP contribution in [0.4, 0.5) is 11.8 Å². The van der Waals surface area contributed by atoms with Crippen molar-refractivity contribution in [2.75, 3.05) is 36.0 Å². The van der Waals surface area contributed by atoms with E-state index in [-0.39, 0.29) is 5.97 Å². The first-order chi connectivity index (χ1) is 14.1. The van der Waals surface area contributed by atoms with Crippen molar-refractivity contribution in [2.24, 2.45) is 0 Å². The Kier molecular flexibility index (Phi) is 5.55. The molecule has 4 rings (SSSR count). The van der Waals surface area contributed by atoms with Crippen molar-refractivity contribution < 1.29 is 13.9 Å². The molecule has 1 atom stereocenters. The number of nitrogens with zero attached hydrogens (tertiary/aromatic N) is 6. The first kappa shape index (κ1) is 19.1. The van der Waals surface area contributed by atoms with E-state index in [0.29, 0.717) is 24.0 Å². The molecular formula is C20H24N6O3. The van der Waals surface area contributed by atoms with Crippen LogP contribution in [0.5, 0.6) is 0 Å². The van der Waals surface area contributed by atoms with Gasteiger partial charge in [-0.1, -0.05) is 6.92 Å². The number of rotatable bonds is 6. The van der Waals surface area contributed by atoms with E-state index in [0.717, 1.165) is 43.9 Å². The molecule has 1 fully saturated rings. The van der Waals surface area contributed by atoms with Gasteiger partial charge in [0.05, 0.1) is 0 Å². The topological polar surface area (TPSA) is 97.5 Å². The highest BCUT2D eigenvalue weighted by molar-refractivity contribution is 5.70. The average Bonchev–Trinajstić information content (AvgIpc) is 3.18. The third-order valence-corrected chi connectivity index (χ3v) is 4.81. The third kappa shape index (κ3) is 4.28. The molecule has 0 amide bonds. The molecule has 0 saturated carbocycles. The Hall–Kier alpha value is -3.23. The average molecular weight is 396 g/mol. The molecule has 152 valence electrons. The zero-order chi connectivity index (χ0) is 20.2. The number of hydrogen-bond donors (Lipinski definition) is 0. The Labute approximate surface area is 168 Å². The van der Waals surface area contributed by atoms with Crippen LogP contribution in [0.25, 0.3) is 11.2 Å². The molecule has 3 aromatic rings. The number of esters is 1. The number of pyridine rings is 1. The number of ether oxygens (including phenoxy) is 1. The van der Waals surface area contributed by atoms with Gasteiger partial charge in [0.25, 0.3) is 6.01 Å². The maximum Gasteiger partial charge on any atom is 0.306 e. The molecular weight excluding hydrogens is 372 g/mol. The molecule has 1 saturated heterocycles. The van der Waals surface area contributed by atoms with E-state index in [2.05, 4.69) is 29.7 Å². The number of anilines is 2. The van der Waals surface area contributed by atoms with Crippen molar-refractivity contribution in [1.29, 1.82) is 0 Å². The van der Waals surface area contributed by atoms with E-state index in [9.17, 15) is 4.79 Å². The van der Waals surface area contributed by atoms with Crippen LogP contribution in [0.3, 0.4) is 0 Å². The van der Waals surface area contributed by atoms with Gasteiger partial charge in [0.1, 0.15) is 11.3 Å². The number of hydrogen-bond acceptors (Lipinski definition) is 9. The molecule has 3 aromatic heterocycles. The lowest BCUT2D eigenvalue weighted by molar-refractivity contribution is -0.149. The smallest absolute Gasteiger partial charge is 0.306 e. The highest BCUT2D eigenvalue weighted by Gasteiger charge is 2.23. The zero-order valence-electron chi connectivity index (χ0n) is 16.6. The van der Waals surface area contributed by atoms with Crippen LogP contribution in [0, 0.1) is 0 Å². The highest BCUT2D eigenvalue weighted by Crippen LogP contribution is 2.23. The van der Waals surface area contributed by atoms with Crippen LogP contribution < -0.4 is 9.80 Å². The van der Waals surface area contributed by atoms with Crippen LogP contribution in [-0.2, 0) is 9.53 Å². The van der Waals surface area contributed by atoms with Crippen LogP contribution >= 0.6 is 0 Å². The van der Waals surface area contributed by atoms with Crippen molar-refractivity contribution in [1.82, 2.24) is 19.9 Å². The molecule has 1 aliphatic rings. The molecule has 0 bridgehead atoms. The minimum Gasteiger partial charge on any atom is -0.454 e. The van der Waals surface area contributed by atoms with Crippen molar-refractivity contribution in [3.8, 4) is 0 Å². The summed E-state index contributed by atoms with van der Waals surface area (Å²) < 4.78 is 11.2. The van der Waals surface area contributed by atoms with Crippen LogP contribution in [0.1, 0.15) is 38.6 Å². The number of carbonyl (C=O) groups excluding carboxylic acids is 1. The summed E-state index contributed by atoms with van der Waals surface area (Å²) in [5.41, 5.74) is 1.31. The lowest BCUT2D eigenvalue weighted by Gasteiger charge is -2.34. The van der Waals surface area contributed by atoms with Crippen molar-refractivity contribution in [3.63, 3.8) is 0 Å². The molecule has 0 radical (unpaired) electrons. The number of fused-ring (bicyclic) bond motifs is 1. The second-order valence-electron chi connectivity index (χ2n) is 6.95. The third-order valence-electron chi connectivity index (χ3n) is 4.81. The standard InChI is InChI=1S/C20H24N6O3/c1-3-5-17(27)28-14(2)18-21-9-7-16(24-18)25-10-12-26(13-11-25)20-23-15-6-4-8-22-19(15)29-20/h4,6-9,14H,3,5,10-13H2,1-2H3/t14-/m1/s1. The first-order valence-corrected chi connectivity index (χ1v) is 9.88. The van der Waals surface area contributed by atoms with E-state index < -0.39 is 6.10 Å². The SMILES string of the molecule is CCCC(=O)O[C@H](C)c1nccc(N2CCN(c3nc4cccnc4o3)CC2)n1. The monoisotopic (exact) mass is 396 g/mol. The van der Waals surface area contributed by atoms with Gasteiger partial charge in [0.15, 0.2) is 11.9 Å². The Morgan fingerprint density at radius 2 is 1.93 bits per heavy atom. The summed E-state index contributed by atoms with van der Waals surface area (Å²) in [4.78, 5) is 33.6. The van der Waals surface area contributed by atoms with Crippen molar-refractivity contribution in [3.05, 3.63) is 36.4 Å². The summed E-state index contributed by atoms with van der Waals surface area (Å²) in [6.45, 7) is 6.80. The summed E-state index contributed by atoms with van der Waals surface area (Å²) >= 11 is 0. The van der Waals surface area contributed by atoms with Crippen LogP contribution in [0.15, 0.2) is 35.0 Å².